The van der Waals surface area contributed by atoms with Crippen molar-refractivity contribution in [3.63, 3.8) is 0 Å². The van der Waals surface area contributed by atoms with Gasteiger partial charge >= 0.3 is 0 Å². The van der Waals surface area contributed by atoms with E-state index in [2.05, 4.69) is 0 Å². The molecule has 0 spiro atoms. The molecule has 0 bridgehead atoms. The second kappa shape index (κ2) is 7.82. The average molecular weight is 387 g/mol. The average Bonchev–Trinajstić information content (AvgIpc) is 2.54. The first kappa shape index (κ1) is 19.0. The Kier molecular flexibility index (Phi) is 5.93. The Balaban J connectivity index is 1.77. The van der Waals surface area contributed by atoms with Crippen molar-refractivity contribution in [3.05, 3.63) is 23.2 Å². The molecule has 5 nitrogen and oxygen atoms in total. The molecule has 3 rings (SSSR count). The number of piperidine rings is 1. The highest BCUT2D eigenvalue weighted by molar-refractivity contribution is 7.89. The predicted molar refractivity (Wildman–Crippen MR) is 99.4 cm³/mol. The summed E-state index contributed by atoms with van der Waals surface area (Å²) in [5, 5.41) is 0.403. The van der Waals surface area contributed by atoms with Gasteiger partial charge in [-0.2, -0.15) is 4.31 Å². The minimum atomic E-state index is -3.62. The first-order valence-corrected chi connectivity index (χ1v) is 10.9. The molecule has 2 fully saturated rings. The van der Waals surface area contributed by atoms with Crippen molar-refractivity contribution < 1.29 is 13.2 Å². The van der Waals surface area contributed by atoms with E-state index >= 15 is 0 Å². The van der Waals surface area contributed by atoms with Gasteiger partial charge in [0.1, 0.15) is 10.6 Å². The molecule has 140 valence electrons. The van der Waals surface area contributed by atoms with Crippen LogP contribution in [0.3, 0.4) is 0 Å². The highest BCUT2D eigenvalue weighted by atomic mass is 35.5. The van der Waals surface area contributed by atoms with Gasteiger partial charge < -0.3 is 10.5 Å². The number of ether oxygens (including phenoxy) is 1. The number of hydrogen-bond acceptors (Lipinski definition) is 4. The van der Waals surface area contributed by atoms with E-state index in [9.17, 15) is 8.42 Å². The van der Waals surface area contributed by atoms with Gasteiger partial charge in [0.05, 0.1) is 6.61 Å². The molecule has 1 aromatic rings. The quantitative estimate of drug-likeness (QED) is 0.814. The minimum absolute atomic E-state index is 0.0948. The Morgan fingerprint density at radius 2 is 1.96 bits per heavy atom. The lowest BCUT2D eigenvalue weighted by Gasteiger charge is -2.33. The normalized spacial score (nSPS) is 21.7. The van der Waals surface area contributed by atoms with Crippen molar-refractivity contribution in [2.24, 2.45) is 17.6 Å². The highest BCUT2D eigenvalue weighted by Gasteiger charge is 2.33. The molecule has 0 aromatic heterocycles. The van der Waals surface area contributed by atoms with Crippen molar-refractivity contribution >= 4 is 21.6 Å². The van der Waals surface area contributed by atoms with Gasteiger partial charge in [0, 0.05) is 24.2 Å². The largest absolute Gasteiger partial charge is 0.492 e. The molecule has 1 saturated heterocycles. The standard InChI is InChI=1S/C18H27ClN2O3S/c1-13(20)15-7-9-21(10-8-15)25(22,23)18-11-16(19)5-6-17(18)24-12-14-3-2-4-14/h5-6,11,13-15H,2-4,7-10,12,20H2,1H3. The smallest absolute Gasteiger partial charge is 0.246 e. The van der Waals surface area contributed by atoms with Gasteiger partial charge in [0.15, 0.2) is 0 Å². The fourth-order valence-corrected chi connectivity index (χ4v) is 5.31. The zero-order valence-electron chi connectivity index (χ0n) is 14.7. The Bertz CT molecular complexity index is 696. The summed E-state index contributed by atoms with van der Waals surface area (Å²) < 4.78 is 33.6. The molecule has 2 N–H and O–H groups in total. The monoisotopic (exact) mass is 386 g/mol. The predicted octanol–water partition coefficient (Wildman–Crippen LogP) is 3.27. The van der Waals surface area contributed by atoms with E-state index in [1.807, 2.05) is 6.92 Å². The van der Waals surface area contributed by atoms with Crippen LogP contribution < -0.4 is 10.5 Å². The summed E-state index contributed by atoms with van der Waals surface area (Å²) in [5.74, 6) is 1.32. The van der Waals surface area contributed by atoms with E-state index in [-0.39, 0.29) is 10.9 Å². The first-order chi connectivity index (χ1) is 11.9. The van der Waals surface area contributed by atoms with E-state index in [1.165, 1.54) is 16.8 Å². The lowest BCUT2D eigenvalue weighted by atomic mass is 9.86. The number of sulfonamides is 1. The van der Waals surface area contributed by atoms with Crippen LogP contribution >= 0.6 is 11.6 Å². The van der Waals surface area contributed by atoms with Crippen LogP contribution in [0.1, 0.15) is 39.0 Å². The Labute approximate surface area is 155 Å². The maximum absolute atomic E-state index is 13.1. The van der Waals surface area contributed by atoms with E-state index in [1.54, 1.807) is 12.1 Å². The molecule has 1 unspecified atom stereocenters. The molecule has 1 atom stereocenters. The van der Waals surface area contributed by atoms with Crippen molar-refractivity contribution in [3.8, 4) is 5.75 Å². The summed E-state index contributed by atoms with van der Waals surface area (Å²) >= 11 is 6.07. The van der Waals surface area contributed by atoms with Crippen LogP contribution in [-0.4, -0.2) is 38.5 Å². The minimum Gasteiger partial charge on any atom is -0.492 e. The lowest BCUT2D eigenvalue weighted by Crippen LogP contribution is -2.42. The van der Waals surface area contributed by atoms with Gasteiger partial charge in [0.2, 0.25) is 10.0 Å². The zero-order valence-corrected chi connectivity index (χ0v) is 16.2. The van der Waals surface area contributed by atoms with Gasteiger partial charge in [-0.1, -0.05) is 18.0 Å². The van der Waals surface area contributed by atoms with Gasteiger partial charge in [-0.3, -0.25) is 0 Å². The molecule has 1 aliphatic heterocycles. The van der Waals surface area contributed by atoms with Crippen LogP contribution in [0.4, 0.5) is 0 Å². The molecule has 2 aliphatic rings. The zero-order chi connectivity index (χ0) is 18.0. The maximum Gasteiger partial charge on any atom is 0.246 e. The van der Waals surface area contributed by atoms with Gasteiger partial charge in [-0.05, 0) is 62.6 Å². The second-order valence-corrected chi connectivity index (χ2v) is 9.64. The van der Waals surface area contributed by atoms with Crippen molar-refractivity contribution in [2.45, 2.75) is 50.0 Å². The molecule has 25 heavy (non-hydrogen) atoms. The topological polar surface area (TPSA) is 72.6 Å². The van der Waals surface area contributed by atoms with Crippen LogP contribution in [-0.2, 0) is 10.0 Å². The summed E-state index contributed by atoms with van der Waals surface area (Å²) in [7, 11) is -3.62. The third-order valence-electron chi connectivity index (χ3n) is 5.47. The summed E-state index contributed by atoms with van der Waals surface area (Å²) in [5.41, 5.74) is 5.96. The lowest BCUT2D eigenvalue weighted by molar-refractivity contribution is 0.177. The molecule has 0 radical (unpaired) electrons. The van der Waals surface area contributed by atoms with Crippen LogP contribution in [0, 0.1) is 11.8 Å². The number of nitrogens with zero attached hydrogens (tertiary/aromatic N) is 1. The third-order valence-corrected chi connectivity index (χ3v) is 7.62. The number of benzene rings is 1. The van der Waals surface area contributed by atoms with Crippen LogP contribution in [0.5, 0.6) is 5.75 Å². The Morgan fingerprint density at radius 3 is 2.52 bits per heavy atom. The number of halogens is 1. The molecule has 1 heterocycles. The van der Waals surface area contributed by atoms with Crippen LogP contribution in [0.25, 0.3) is 0 Å². The van der Waals surface area contributed by atoms with Crippen LogP contribution in [0.2, 0.25) is 5.02 Å². The fourth-order valence-electron chi connectivity index (χ4n) is 3.45. The van der Waals surface area contributed by atoms with E-state index in [0.717, 1.165) is 25.7 Å². The van der Waals surface area contributed by atoms with Gasteiger partial charge in [-0.15, -0.1) is 0 Å². The second-order valence-electron chi connectivity index (χ2n) is 7.30. The maximum atomic E-state index is 13.1. The van der Waals surface area contributed by atoms with Crippen molar-refractivity contribution in [1.82, 2.24) is 4.31 Å². The summed E-state index contributed by atoms with van der Waals surface area (Å²) in [4.78, 5) is 0.179. The van der Waals surface area contributed by atoms with Gasteiger partial charge in [-0.25, -0.2) is 8.42 Å². The van der Waals surface area contributed by atoms with E-state index < -0.39 is 10.0 Å². The van der Waals surface area contributed by atoms with E-state index in [0.29, 0.717) is 42.3 Å². The first-order valence-electron chi connectivity index (χ1n) is 9.06. The Hall–Kier alpha value is -0.820. The summed E-state index contributed by atoms with van der Waals surface area (Å²) in [6, 6.07) is 4.95. The van der Waals surface area contributed by atoms with Crippen LogP contribution in [0.15, 0.2) is 23.1 Å². The molecule has 1 saturated carbocycles. The molecule has 1 aromatic carbocycles. The van der Waals surface area contributed by atoms with E-state index in [4.69, 9.17) is 22.1 Å². The summed E-state index contributed by atoms with van der Waals surface area (Å²) in [6.45, 7) is 3.53. The Morgan fingerprint density at radius 1 is 1.28 bits per heavy atom. The fraction of sp³-hybridized carbons (Fsp3) is 0.667. The van der Waals surface area contributed by atoms with Crippen molar-refractivity contribution in [1.29, 1.82) is 0 Å². The van der Waals surface area contributed by atoms with Gasteiger partial charge in [0.25, 0.3) is 0 Å². The number of rotatable bonds is 6. The molecule has 1 aliphatic carbocycles. The summed E-state index contributed by atoms with van der Waals surface area (Å²) in [6.07, 6.45) is 5.11. The van der Waals surface area contributed by atoms with Crippen molar-refractivity contribution in [2.75, 3.05) is 19.7 Å². The molecular weight excluding hydrogens is 360 g/mol. The molecular formula is C18H27ClN2O3S. The SMILES string of the molecule is CC(N)C1CCN(S(=O)(=O)c2cc(Cl)ccc2OCC2CCC2)CC1. The molecule has 0 amide bonds. The number of nitrogens with two attached hydrogens (primary N) is 1. The molecule has 7 heteroatoms. The highest BCUT2D eigenvalue weighted by Crippen LogP contribution is 2.34. The third kappa shape index (κ3) is 4.30. The number of hydrogen-bond donors (Lipinski definition) is 1.